The Balaban J connectivity index is 1.98. The van der Waals surface area contributed by atoms with Crippen LogP contribution >= 0.6 is 0 Å². The van der Waals surface area contributed by atoms with E-state index in [2.05, 4.69) is 4.98 Å². The first kappa shape index (κ1) is 14.1. The van der Waals surface area contributed by atoms with E-state index in [1.807, 2.05) is 31.2 Å². The number of benzene rings is 1. The van der Waals surface area contributed by atoms with Gasteiger partial charge in [0, 0.05) is 42.2 Å². The van der Waals surface area contributed by atoms with Gasteiger partial charge in [0.15, 0.2) is 0 Å². The van der Waals surface area contributed by atoms with Crippen LogP contribution in [0.15, 0.2) is 42.7 Å². The number of ketones is 1. The molecule has 0 fully saturated rings. The number of carbonyl (C=O) groups excluding carboxylic acids is 1. The molecule has 0 radical (unpaired) electrons. The summed E-state index contributed by atoms with van der Waals surface area (Å²) in [5, 5.41) is 0. The van der Waals surface area contributed by atoms with E-state index >= 15 is 0 Å². The van der Waals surface area contributed by atoms with Crippen molar-refractivity contribution in [1.29, 1.82) is 0 Å². The molecule has 0 amide bonds. The molecule has 104 valence electrons. The second-order valence-electron chi connectivity index (χ2n) is 5.06. The predicted octanol–water partition coefficient (Wildman–Crippen LogP) is 2.55. The van der Waals surface area contributed by atoms with Gasteiger partial charge >= 0.3 is 0 Å². The van der Waals surface area contributed by atoms with E-state index in [1.165, 1.54) is 0 Å². The second-order valence-corrected chi connectivity index (χ2v) is 5.06. The third kappa shape index (κ3) is 3.57. The molecule has 0 bridgehead atoms. The highest BCUT2D eigenvalue weighted by atomic mass is 16.1. The average Bonchev–Trinajstić information content (AvgIpc) is 2.42. The number of aromatic nitrogens is 1. The van der Waals surface area contributed by atoms with Crippen LogP contribution in [0.3, 0.4) is 0 Å². The molecule has 4 heteroatoms. The molecular weight excluding hydrogens is 250 g/mol. The number of hydrogen-bond donors (Lipinski definition) is 2. The van der Waals surface area contributed by atoms with Crippen LogP contribution in [0.4, 0.5) is 11.4 Å². The van der Waals surface area contributed by atoms with E-state index in [1.54, 1.807) is 18.5 Å². The number of hydrogen-bond acceptors (Lipinski definition) is 4. The molecule has 0 saturated carbocycles. The summed E-state index contributed by atoms with van der Waals surface area (Å²) in [6.07, 6.45) is 4.10. The van der Waals surface area contributed by atoms with Crippen molar-refractivity contribution >= 4 is 17.2 Å². The molecule has 1 aromatic heterocycles. The van der Waals surface area contributed by atoms with Crippen LogP contribution in [-0.2, 0) is 11.2 Å². The van der Waals surface area contributed by atoms with Gasteiger partial charge in [0.25, 0.3) is 0 Å². The lowest BCUT2D eigenvalue weighted by Gasteiger charge is -2.12. The van der Waals surface area contributed by atoms with E-state index in [9.17, 15) is 4.79 Å². The normalized spacial score (nSPS) is 12.1. The summed E-state index contributed by atoms with van der Waals surface area (Å²) >= 11 is 0. The lowest BCUT2D eigenvalue weighted by molar-refractivity contribution is -0.118. The van der Waals surface area contributed by atoms with Crippen LogP contribution in [0.1, 0.15) is 30.4 Å². The maximum absolute atomic E-state index is 12.1. The van der Waals surface area contributed by atoms with Gasteiger partial charge in [0.2, 0.25) is 0 Å². The molecule has 0 aliphatic carbocycles. The highest BCUT2D eigenvalue weighted by Crippen LogP contribution is 2.21. The van der Waals surface area contributed by atoms with E-state index < -0.39 is 0 Å². The molecule has 0 spiro atoms. The molecule has 2 aromatic rings. The van der Waals surface area contributed by atoms with Crippen LogP contribution in [0.25, 0.3) is 0 Å². The lowest BCUT2D eigenvalue weighted by Crippen LogP contribution is -2.09. The van der Waals surface area contributed by atoms with E-state index in [0.29, 0.717) is 18.5 Å². The molecule has 1 aromatic carbocycles. The summed E-state index contributed by atoms with van der Waals surface area (Å²) in [7, 11) is 0. The minimum Gasteiger partial charge on any atom is -0.399 e. The number of rotatable bonds is 5. The molecular formula is C16H19N3O. The number of nitrogen functional groups attached to an aromatic ring is 2. The number of nitrogens with two attached hydrogens (primary N) is 2. The van der Waals surface area contributed by atoms with Crippen molar-refractivity contribution in [2.45, 2.75) is 25.7 Å². The number of carbonyl (C=O) groups is 1. The maximum Gasteiger partial charge on any atom is 0.138 e. The lowest BCUT2D eigenvalue weighted by atomic mass is 9.93. The molecule has 0 aliphatic rings. The van der Waals surface area contributed by atoms with Gasteiger partial charge in [-0.2, -0.15) is 0 Å². The number of nitrogens with zero attached hydrogens (tertiary/aromatic N) is 1. The molecule has 0 aliphatic heterocycles. The molecule has 0 saturated heterocycles. The highest BCUT2D eigenvalue weighted by Gasteiger charge is 2.13. The van der Waals surface area contributed by atoms with Gasteiger partial charge in [-0.3, -0.25) is 9.78 Å². The minimum atomic E-state index is 0.161. The van der Waals surface area contributed by atoms with Crippen LogP contribution < -0.4 is 11.5 Å². The Hall–Kier alpha value is -2.36. The Morgan fingerprint density at radius 2 is 1.90 bits per heavy atom. The van der Waals surface area contributed by atoms with Gasteiger partial charge in [-0.05, 0) is 29.7 Å². The Labute approximate surface area is 118 Å². The smallest absolute Gasteiger partial charge is 0.138 e. The van der Waals surface area contributed by atoms with Crippen molar-refractivity contribution in [3.8, 4) is 0 Å². The quantitative estimate of drug-likeness (QED) is 0.817. The summed E-state index contributed by atoms with van der Waals surface area (Å²) in [4.78, 5) is 16.1. The number of pyridine rings is 1. The zero-order valence-corrected chi connectivity index (χ0v) is 11.5. The van der Waals surface area contributed by atoms with Crippen molar-refractivity contribution in [1.82, 2.24) is 4.98 Å². The topological polar surface area (TPSA) is 82.0 Å². The second kappa shape index (κ2) is 6.19. The summed E-state index contributed by atoms with van der Waals surface area (Å²) in [5.41, 5.74) is 14.7. The summed E-state index contributed by atoms with van der Waals surface area (Å²) in [6, 6.07) is 9.36. The molecule has 2 rings (SSSR count). The van der Waals surface area contributed by atoms with Crippen molar-refractivity contribution in [3.05, 3.63) is 53.9 Å². The first-order valence-electron chi connectivity index (χ1n) is 6.61. The SMILES string of the molecule is CC(CC(=O)Cc1cnccc1N)c1ccc(N)cc1. The van der Waals surface area contributed by atoms with Crippen LogP contribution in [0.2, 0.25) is 0 Å². The van der Waals surface area contributed by atoms with E-state index in [0.717, 1.165) is 16.8 Å². The molecule has 20 heavy (non-hydrogen) atoms. The van der Waals surface area contributed by atoms with Crippen LogP contribution in [0, 0.1) is 0 Å². The zero-order valence-electron chi connectivity index (χ0n) is 11.5. The van der Waals surface area contributed by atoms with E-state index in [4.69, 9.17) is 11.5 Å². The summed E-state index contributed by atoms with van der Waals surface area (Å²) in [5.74, 6) is 0.329. The van der Waals surface area contributed by atoms with Gasteiger partial charge in [-0.15, -0.1) is 0 Å². The minimum absolute atomic E-state index is 0.161. The number of Topliss-reactive ketones (excluding diaryl/α,β-unsaturated/α-hetero) is 1. The predicted molar refractivity (Wildman–Crippen MR) is 81.2 cm³/mol. The fraction of sp³-hybridized carbons (Fsp3) is 0.250. The van der Waals surface area contributed by atoms with Crippen molar-refractivity contribution in [2.24, 2.45) is 0 Å². The average molecular weight is 269 g/mol. The first-order chi connectivity index (χ1) is 9.56. The monoisotopic (exact) mass is 269 g/mol. The van der Waals surface area contributed by atoms with Crippen molar-refractivity contribution in [3.63, 3.8) is 0 Å². The third-order valence-electron chi connectivity index (χ3n) is 3.37. The van der Waals surface area contributed by atoms with Gasteiger partial charge in [0.05, 0.1) is 0 Å². The first-order valence-corrected chi connectivity index (χ1v) is 6.61. The molecule has 1 unspecified atom stereocenters. The highest BCUT2D eigenvalue weighted by molar-refractivity contribution is 5.82. The fourth-order valence-corrected chi connectivity index (χ4v) is 2.15. The molecule has 4 N–H and O–H groups in total. The summed E-state index contributed by atoms with van der Waals surface area (Å²) in [6.45, 7) is 2.04. The Bertz CT molecular complexity index is 593. The Morgan fingerprint density at radius 1 is 1.20 bits per heavy atom. The maximum atomic E-state index is 12.1. The molecule has 1 heterocycles. The number of anilines is 2. The molecule has 4 nitrogen and oxygen atoms in total. The Morgan fingerprint density at radius 3 is 2.55 bits per heavy atom. The van der Waals surface area contributed by atoms with Gasteiger partial charge in [-0.1, -0.05) is 19.1 Å². The Kier molecular flexibility index (Phi) is 4.35. The largest absolute Gasteiger partial charge is 0.399 e. The van der Waals surface area contributed by atoms with Crippen LogP contribution in [0.5, 0.6) is 0 Å². The summed E-state index contributed by atoms with van der Waals surface area (Å²) < 4.78 is 0. The zero-order chi connectivity index (χ0) is 14.5. The van der Waals surface area contributed by atoms with E-state index in [-0.39, 0.29) is 11.7 Å². The molecule has 1 atom stereocenters. The third-order valence-corrected chi connectivity index (χ3v) is 3.37. The van der Waals surface area contributed by atoms with Gasteiger partial charge in [0.1, 0.15) is 5.78 Å². The van der Waals surface area contributed by atoms with Gasteiger partial charge in [-0.25, -0.2) is 0 Å². The van der Waals surface area contributed by atoms with Crippen molar-refractivity contribution in [2.75, 3.05) is 11.5 Å². The fourth-order valence-electron chi connectivity index (χ4n) is 2.15. The van der Waals surface area contributed by atoms with Crippen LogP contribution in [-0.4, -0.2) is 10.8 Å². The standard InChI is InChI=1S/C16H19N3O/c1-11(12-2-4-14(17)5-3-12)8-15(20)9-13-10-19-7-6-16(13)18/h2-7,10-11H,8-9,17H2,1H3,(H2,18,19). The van der Waals surface area contributed by atoms with Crippen molar-refractivity contribution < 1.29 is 4.79 Å². The van der Waals surface area contributed by atoms with Gasteiger partial charge < -0.3 is 11.5 Å².